The second kappa shape index (κ2) is 10.3. The normalized spacial score (nSPS) is 19.3. The van der Waals surface area contributed by atoms with E-state index in [-0.39, 0.29) is 28.8 Å². The summed E-state index contributed by atoms with van der Waals surface area (Å²) in [7, 11) is 0. The highest BCUT2D eigenvalue weighted by Gasteiger charge is 2.55. The SMILES string of the molecule is CC(C)(O/N=C(\C(=O)NC1C(=O)N2C(C(=O)O)=C(C[n+]3cccc4occc43)CS[C@H]12)c1csc(N)n1)C(=O)O. The van der Waals surface area contributed by atoms with Gasteiger partial charge in [0.15, 0.2) is 29.2 Å². The Morgan fingerprint density at radius 1 is 1.35 bits per heavy atom. The zero-order chi connectivity index (χ0) is 28.8. The number of carbonyl (C=O) groups is 4. The Morgan fingerprint density at radius 3 is 2.80 bits per heavy atom. The lowest BCUT2D eigenvalue weighted by molar-refractivity contribution is -0.663. The Morgan fingerprint density at radius 2 is 2.12 bits per heavy atom. The molecule has 1 unspecified atom stereocenters. The number of rotatable bonds is 9. The van der Waals surface area contributed by atoms with Crippen LogP contribution < -0.4 is 15.6 Å². The summed E-state index contributed by atoms with van der Waals surface area (Å²) < 4.78 is 7.25. The van der Waals surface area contributed by atoms with Gasteiger partial charge in [-0.1, -0.05) is 5.16 Å². The van der Waals surface area contributed by atoms with Crippen molar-refractivity contribution in [3.8, 4) is 0 Å². The lowest BCUT2D eigenvalue weighted by atomic mass is 10.0. The zero-order valence-electron chi connectivity index (χ0n) is 21.1. The minimum atomic E-state index is -1.76. The van der Waals surface area contributed by atoms with E-state index < -0.39 is 40.8 Å². The van der Waals surface area contributed by atoms with Crippen molar-refractivity contribution in [2.75, 3.05) is 11.5 Å². The summed E-state index contributed by atoms with van der Waals surface area (Å²) in [4.78, 5) is 60.4. The molecule has 5 rings (SSSR count). The number of nitrogens with one attached hydrogen (secondary N) is 1. The average Bonchev–Trinajstić information content (AvgIpc) is 3.56. The van der Waals surface area contributed by atoms with Crippen molar-refractivity contribution in [3.05, 3.63) is 53.0 Å². The molecule has 0 radical (unpaired) electrons. The predicted octanol–water partition coefficient (Wildman–Crippen LogP) is 0.782. The lowest BCUT2D eigenvalue weighted by Gasteiger charge is -2.49. The van der Waals surface area contributed by atoms with Gasteiger partial charge in [-0.15, -0.1) is 23.1 Å². The Hall–Kier alpha value is -4.44. The number of carbonyl (C=O) groups excluding carboxylic acids is 2. The molecule has 1 saturated heterocycles. The quantitative estimate of drug-likeness (QED) is 0.119. The van der Waals surface area contributed by atoms with Gasteiger partial charge in [-0.3, -0.25) is 14.5 Å². The number of carboxylic acids is 2. The van der Waals surface area contributed by atoms with Crippen molar-refractivity contribution >= 4 is 68.8 Å². The molecular formula is C24H23N6O8S2+. The van der Waals surface area contributed by atoms with Crippen LogP contribution >= 0.6 is 23.1 Å². The van der Waals surface area contributed by atoms with E-state index in [4.69, 9.17) is 15.0 Å². The summed E-state index contributed by atoms with van der Waals surface area (Å²) >= 11 is 2.33. The zero-order valence-corrected chi connectivity index (χ0v) is 22.7. The molecule has 2 amide bonds. The Kier molecular flexibility index (Phi) is 6.97. The summed E-state index contributed by atoms with van der Waals surface area (Å²) in [5.74, 6) is -3.76. The number of furan rings is 1. The van der Waals surface area contributed by atoms with Gasteiger partial charge in [0.1, 0.15) is 22.8 Å². The minimum Gasteiger partial charge on any atom is -0.478 e. The Balaban J connectivity index is 1.38. The molecule has 0 bridgehead atoms. The van der Waals surface area contributed by atoms with Gasteiger partial charge in [-0.2, -0.15) is 4.57 Å². The maximum atomic E-state index is 13.2. The van der Waals surface area contributed by atoms with Crippen LogP contribution in [0.25, 0.3) is 11.1 Å². The highest BCUT2D eigenvalue weighted by atomic mass is 32.2. The molecule has 3 aromatic rings. The van der Waals surface area contributed by atoms with Crippen LogP contribution in [0.5, 0.6) is 0 Å². The standard InChI is InChI=1S/C24H22N6O8S2/c1-24(2,22(35)36)38-28-15(12-10-40-23(25)26-12)18(31)27-16-19(32)30-17(21(33)34)11(9-39-20(16)30)8-29-6-3-4-14-13(29)5-7-37-14/h3-7,10,16,20H,8-9H2,1-2H3,(H4-,25,26,27,31,33,34,35,36)/p+1/b28-15-/t16?,20-/m1/s1. The van der Waals surface area contributed by atoms with Gasteiger partial charge >= 0.3 is 11.9 Å². The summed E-state index contributed by atoms with van der Waals surface area (Å²) in [6, 6.07) is 4.28. The minimum absolute atomic E-state index is 0.0277. The molecule has 5 N–H and O–H groups in total. The number of nitrogen functional groups attached to an aromatic ring is 1. The monoisotopic (exact) mass is 587 g/mol. The van der Waals surface area contributed by atoms with Gasteiger partial charge in [0.2, 0.25) is 5.60 Å². The molecule has 16 heteroatoms. The van der Waals surface area contributed by atoms with Crippen LogP contribution in [-0.4, -0.2) is 72.3 Å². The van der Waals surface area contributed by atoms with Crippen LogP contribution in [0.4, 0.5) is 5.13 Å². The average molecular weight is 588 g/mol. The van der Waals surface area contributed by atoms with Crippen LogP contribution in [0.15, 0.2) is 56.9 Å². The number of carboxylic acid groups (broad SMARTS) is 2. The number of nitrogens with zero attached hydrogens (tertiary/aromatic N) is 4. The molecule has 14 nitrogen and oxygen atoms in total. The smallest absolute Gasteiger partial charge is 0.352 e. The number of β-lactam (4-membered cyclic amide) rings is 1. The van der Waals surface area contributed by atoms with E-state index in [2.05, 4.69) is 15.5 Å². The molecule has 0 saturated carbocycles. The van der Waals surface area contributed by atoms with E-state index in [9.17, 15) is 29.4 Å². The Labute approximate surface area is 234 Å². The van der Waals surface area contributed by atoms with E-state index in [1.54, 1.807) is 24.4 Å². The molecule has 2 aliphatic heterocycles. The number of pyridine rings is 1. The van der Waals surface area contributed by atoms with Crippen LogP contribution in [-0.2, 0) is 30.6 Å². The molecule has 0 aliphatic carbocycles. The van der Waals surface area contributed by atoms with Crippen LogP contribution in [0.1, 0.15) is 19.5 Å². The van der Waals surface area contributed by atoms with E-state index in [1.165, 1.54) is 37.3 Å². The van der Waals surface area contributed by atoms with Crippen LogP contribution in [0, 0.1) is 0 Å². The van der Waals surface area contributed by atoms with Crippen molar-refractivity contribution in [2.45, 2.75) is 37.4 Å². The van der Waals surface area contributed by atoms with Crippen LogP contribution in [0.3, 0.4) is 0 Å². The third-order valence-corrected chi connectivity index (χ3v) is 8.27. The maximum absolute atomic E-state index is 13.2. The molecule has 0 aromatic carbocycles. The third kappa shape index (κ3) is 4.86. The first kappa shape index (κ1) is 27.1. The number of thioether (sulfide) groups is 1. The Bertz CT molecular complexity index is 1610. The first-order chi connectivity index (χ1) is 19.0. The van der Waals surface area contributed by atoms with Gasteiger partial charge in [-0.25, -0.2) is 14.6 Å². The van der Waals surface area contributed by atoms with Gasteiger partial charge in [0.05, 0.1) is 6.26 Å². The number of fused-ring (bicyclic) bond motifs is 2. The first-order valence-electron chi connectivity index (χ1n) is 11.8. The van der Waals surface area contributed by atoms with Crippen molar-refractivity contribution in [1.29, 1.82) is 0 Å². The van der Waals surface area contributed by atoms with Crippen molar-refractivity contribution in [2.24, 2.45) is 5.16 Å². The largest absolute Gasteiger partial charge is 0.478 e. The molecule has 0 spiro atoms. The fourth-order valence-electron chi connectivity index (χ4n) is 4.15. The van der Waals surface area contributed by atoms with E-state index in [0.717, 1.165) is 21.8 Å². The van der Waals surface area contributed by atoms with Gasteiger partial charge in [-0.05, 0) is 19.9 Å². The molecule has 2 aliphatic rings. The van der Waals surface area contributed by atoms with E-state index >= 15 is 0 Å². The highest BCUT2D eigenvalue weighted by Crippen LogP contribution is 2.40. The molecule has 3 aromatic heterocycles. The molecule has 5 heterocycles. The lowest BCUT2D eigenvalue weighted by Crippen LogP contribution is -2.71. The molecule has 40 heavy (non-hydrogen) atoms. The molecule has 208 valence electrons. The first-order valence-corrected chi connectivity index (χ1v) is 13.7. The van der Waals surface area contributed by atoms with Gasteiger partial charge in [0.25, 0.3) is 17.3 Å². The number of thiazole rings is 1. The number of aliphatic carboxylic acids is 2. The summed E-state index contributed by atoms with van der Waals surface area (Å²) in [6.45, 7) is 2.72. The molecular weight excluding hydrogens is 564 g/mol. The summed E-state index contributed by atoms with van der Waals surface area (Å²) in [5, 5.41) is 26.5. The van der Waals surface area contributed by atoms with Crippen molar-refractivity contribution < 1.29 is 43.2 Å². The van der Waals surface area contributed by atoms with E-state index in [0.29, 0.717) is 16.9 Å². The number of nitrogens with two attached hydrogens (primary N) is 1. The van der Waals surface area contributed by atoms with Crippen molar-refractivity contribution in [3.63, 3.8) is 0 Å². The number of aromatic nitrogens is 2. The highest BCUT2D eigenvalue weighted by molar-refractivity contribution is 8.00. The fraction of sp³-hybridized carbons (Fsp3) is 0.292. The topological polar surface area (TPSA) is 202 Å². The number of oxime groups is 1. The number of hydrogen-bond donors (Lipinski definition) is 4. The number of hydrogen-bond acceptors (Lipinski definition) is 11. The second-order valence-corrected chi connectivity index (χ2v) is 11.3. The van der Waals surface area contributed by atoms with Gasteiger partial charge < -0.3 is 30.5 Å². The second-order valence-electron chi connectivity index (χ2n) is 9.34. The van der Waals surface area contributed by atoms with Gasteiger partial charge in [0, 0.05) is 28.8 Å². The fourth-order valence-corrected chi connectivity index (χ4v) is 6.03. The third-order valence-electron chi connectivity index (χ3n) is 6.25. The number of anilines is 1. The van der Waals surface area contributed by atoms with Crippen molar-refractivity contribution in [1.82, 2.24) is 15.2 Å². The van der Waals surface area contributed by atoms with E-state index in [1.807, 2.05) is 4.57 Å². The maximum Gasteiger partial charge on any atom is 0.352 e. The number of amides is 2. The summed E-state index contributed by atoms with van der Waals surface area (Å²) in [5.41, 5.74) is 5.37. The summed E-state index contributed by atoms with van der Waals surface area (Å²) in [6.07, 6.45) is 3.33. The van der Waals surface area contributed by atoms with Crippen LogP contribution in [0.2, 0.25) is 0 Å². The molecule has 1 fully saturated rings. The molecule has 2 atom stereocenters. The predicted molar refractivity (Wildman–Crippen MR) is 142 cm³/mol.